The molecule has 2 rings (SSSR count). The predicted octanol–water partition coefficient (Wildman–Crippen LogP) is 3.43. The van der Waals surface area contributed by atoms with Gasteiger partial charge in [0, 0.05) is 6.04 Å². The van der Waals surface area contributed by atoms with Gasteiger partial charge in [-0.25, -0.2) is 0 Å². The number of amides is 1. The standard InChI is InChI=1S/C16H22ClNO3/c1-20-13-9-8-11(10-14(13)21-2)15(17)16(19)18-12-6-4-3-5-7-12/h8-10,12,15H,3-7H2,1-2H3,(H,18,19). The first kappa shape index (κ1) is 16.0. The van der Waals surface area contributed by atoms with Crippen LogP contribution < -0.4 is 14.8 Å². The predicted molar refractivity (Wildman–Crippen MR) is 83.2 cm³/mol. The molecule has 1 aromatic carbocycles. The van der Waals surface area contributed by atoms with Crippen molar-refractivity contribution in [3.05, 3.63) is 23.8 Å². The molecule has 21 heavy (non-hydrogen) atoms. The molecule has 1 saturated carbocycles. The summed E-state index contributed by atoms with van der Waals surface area (Å²) in [5.41, 5.74) is 0.711. The molecular weight excluding hydrogens is 290 g/mol. The molecule has 4 nitrogen and oxygen atoms in total. The van der Waals surface area contributed by atoms with Gasteiger partial charge < -0.3 is 14.8 Å². The highest BCUT2D eigenvalue weighted by Gasteiger charge is 2.23. The molecule has 0 aromatic heterocycles. The van der Waals surface area contributed by atoms with Gasteiger partial charge in [0.2, 0.25) is 5.91 Å². The first-order chi connectivity index (χ1) is 10.2. The summed E-state index contributed by atoms with van der Waals surface area (Å²) in [7, 11) is 3.14. The molecule has 1 N–H and O–H groups in total. The molecule has 0 aliphatic heterocycles. The van der Waals surface area contributed by atoms with Crippen molar-refractivity contribution in [1.82, 2.24) is 5.32 Å². The van der Waals surface area contributed by atoms with Crippen LogP contribution >= 0.6 is 11.6 Å². The van der Waals surface area contributed by atoms with Gasteiger partial charge in [0.15, 0.2) is 11.5 Å². The van der Waals surface area contributed by atoms with Crippen LogP contribution in [0.15, 0.2) is 18.2 Å². The fourth-order valence-corrected chi connectivity index (χ4v) is 2.88. The van der Waals surface area contributed by atoms with E-state index in [0.29, 0.717) is 17.1 Å². The number of halogens is 1. The third kappa shape index (κ3) is 4.03. The maximum absolute atomic E-state index is 12.3. The SMILES string of the molecule is COc1ccc(C(Cl)C(=O)NC2CCCCC2)cc1OC. The monoisotopic (exact) mass is 311 g/mol. The van der Waals surface area contributed by atoms with Gasteiger partial charge in [-0.05, 0) is 30.5 Å². The second-order valence-electron chi connectivity index (χ2n) is 5.32. The summed E-state index contributed by atoms with van der Waals surface area (Å²) in [4.78, 5) is 12.3. The van der Waals surface area contributed by atoms with Gasteiger partial charge in [-0.1, -0.05) is 25.3 Å². The summed E-state index contributed by atoms with van der Waals surface area (Å²) in [5.74, 6) is 1.06. The van der Waals surface area contributed by atoms with Crippen molar-refractivity contribution in [2.24, 2.45) is 0 Å². The Balaban J connectivity index is 2.04. The van der Waals surface area contributed by atoms with Gasteiger partial charge in [0.05, 0.1) is 14.2 Å². The lowest BCUT2D eigenvalue weighted by molar-refractivity contribution is -0.121. The van der Waals surface area contributed by atoms with E-state index in [-0.39, 0.29) is 11.9 Å². The van der Waals surface area contributed by atoms with E-state index >= 15 is 0 Å². The fraction of sp³-hybridized carbons (Fsp3) is 0.562. The maximum Gasteiger partial charge on any atom is 0.242 e. The molecule has 1 aliphatic carbocycles. The van der Waals surface area contributed by atoms with E-state index < -0.39 is 5.38 Å². The summed E-state index contributed by atoms with van der Waals surface area (Å²) in [6, 6.07) is 5.56. The number of nitrogens with one attached hydrogen (secondary N) is 1. The molecule has 0 saturated heterocycles. The number of hydrogen-bond donors (Lipinski definition) is 1. The first-order valence-corrected chi connectivity index (χ1v) is 7.75. The van der Waals surface area contributed by atoms with Crippen molar-refractivity contribution >= 4 is 17.5 Å². The van der Waals surface area contributed by atoms with Gasteiger partial charge in [-0.2, -0.15) is 0 Å². The third-order valence-corrected chi connectivity index (χ3v) is 4.33. The minimum Gasteiger partial charge on any atom is -0.493 e. The molecular formula is C16H22ClNO3. The minimum absolute atomic E-state index is 0.143. The van der Waals surface area contributed by atoms with Crippen molar-refractivity contribution in [3.63, 3.8) is 0 Å². The van der Waals surface area contributed by atoms with Crippen molar-refractivity contribution < 1.29 is 14.3 Å². The number of ether oxygens (including phenoxy) is 2. The van der Waals surface area contributed by atoms with Crippen molar-refractivity contribution in [1.29, 1.82) is 0 Å². The second-order valence-corrected chi connectivity index (χ2v) is 5.76. The van der Waals surface area contributed by atoms with Crippen LogP contribution in [0, 0.1) is 0 Å². The Bertz CT molecular complexity index is 486. The highest BCUT2D eigenvalue weighted by atomic mass is 35.5. The van der Waals surface area contributed by atoms with E-state index in [9.17, 15) is 4.79 Å². The number of hydrogen-bond acceptors (Lipinski definition) is 3. The van der Waals surface area contributed by atoms with E-state index in [0.717, 1.165) is 12.8 Å². The number of alkyl halides is 1. The van der Waals surface area contributed by atoms with Crippen LogP contribution in [-0.4, -0.2) is 26.2 Å². The molecule has 1 aromatic rings. The number of carbonyl (C=O) groups excluding carboxylic acids is 1. The van der Waals surface area contributed by atoms with Gasteiger partial charge in [-0.15, -0.1) is 11.6 Å². The van der Waals surface area contributed by atoms with E-state index in [2.05, 4.69) is 5.32 Å². The molecule has 1 unspecified atom stereocenters. The number of benzene rings is 1. The summed E-state index contributed by atoms with van der Waals surface area (Å²) < 4.78 is 10.4. The van der Waals surface area contributed by atoms with E-state index in [1.54, 1.807) is 32.4 Å². The molecule has 0 bridgehead atoms. The fourth-order valence-electron chi connectivity index (χ4n) is 2.68. The highest BCUT2D eigenvalue weighted by molar-refractivity contribution is 6.30. The van der Waals surface area contributed by atoms with Crippen LogP contribution in [0.2, 0.25) is 0 Å². The summed E-state index contributed by atoms with van der Waals surface area (Å²) in [6.07, 6.45) is 5.69. The molecule has 0 heterocycles. The summed E-state index contributed by atoms with van der Waals surface area (Å²) in [6.45, 7) is 0. The normalized spacial score (nSPS) is 17.1. The van der Waals surface area contributed by atoms with Crippen molar-refractivity contribution in [3.8, 4) is 11.5 Å². The Kier molecular flexibility index (Phi) is 5.74. The van der Waals surface area contributed by atoms with Crippen molar-refractivity contribution in [2.45, 2.75) is 43.5 Å². The van der Waals surface area contributed by atoms with E-state index in [1.807, 2.05) is 0 Å². The van der Waals surface area contributed by atoms with Crippen molar-refractivity contribution in [2.75, 3.05) is 14.2 Å². The van der Waals surface area contributed by atoms with Gasteiger partial charge in [0.25, 0.3) is 0 Å². The first-order valence-electron chi connectivity index (χ1n) is 7.32. The lowest BCUT2D eigenvalue weighted by Gasteiger charge is -2.24. The minimum atomic E-state index is -0.716. The lowest BCUT2D eigenvalue weighted by Crippen LogP contribution is -2.38. The summed E-state index contributed by atoms with van der Waals surface area (Å²) >= 11 is 6.29. The zero-order chi connectivity index (χ0) is 15.2. The molecule has 1 atom stereocenters. The smallest absolute Gasteiger partial charge is 0.242 e. The molecule has 116 valence electrons. The molecule has 5 heteroatoms. The Hall–Kier alpha value is -1.42. The second kappa shape index (κ2) is 7.55. The lowest BCUT2D eigenvalue weighted by atomic mass is 9.95. The van der Waals surface area contributed by atoms with Gasteiger partial charge >= 0.3 is 0 Å². The van der Waals surface area contributed by atoms with Gasteiger partial charge in [0.1, 0.15) is 5.38 Å². The third-order valence-electron chi connectivity index (χ3n) is 3.88. The van der Waals surface area contributed by atoms with Crippen LogP contribution in [0.4, 0.5) is 0 Å². The topological polar surface area (TPSA) is 47.6 Å². The quantitative estimate of drug-likeness (QED) is 0.847. The molecule has 0 radical (unpaired) electrons. The Labute approximate surface area is 130 Å². The van der Waals surface area contributed by atoms with Crippen LogP contribution in [0.3, 0.4) is 0 Å². The molecule has 0 spiro atoms. The zero-order valence-corrected chi connectivity index (χ0v) is 13.3. The van der Waals surface area contributed by atoms with Crippen LogP contribution in [-0.2, 0) is 4.79 Å². The Morgan fingerprint density at radius 1 is 1.19 bits per heavy atom. The number of rotatable bonds is 5. The van der Waals surface area contributed by atoms with Crippen LogP contribution in [0.5, 0.6) is 11.5 Å². The van der Waals surface area contributed by atoms with E-state index in [4.69, 9.17) is 21.1 Å². The molecule has 1 amide bonds. The van der Waals surface area contributed by atoms with Gasteiger partial charge in [-0.3, -0.25) is 4.79 Å². The maximum atomic E-state index is 12.3. The molecule has 1 fully saturated rings. The highest BCUT2D eigenvalue weighted by Crippen LogP contribution is 2.32. The number of methoxy groups -OCH3 is 2. The zero-order valence-electron chi connectivity index (χ0n) is 12.5. The summed E-state index contributed by atoms with van der Waals surface area (Å²) in [5, 5.41) is 2.32. The number of carbonyl (C=O) groups is 1. The van der Waals surface area contributed by atoms with Crippen LogP contribution in [0.1, 0.15) is 43.0 Å². The van der Waals surface area contributed by atoms with E-state index in [1.165, 1.54) is 19.3 Å². The average molecular weight is 312 g/mol. The Morgan fingerprint density at radius 2 is 1.86 bits per heavy atom. The largest absolute Gasteiger partial charge is 0.493 e. The Morgan fingerprint density at radius 3 is 2.48 bits per heavy atom. The molecule has 1 aliphatic rings. The van der Waals surface area contributed by atoms with Crippen LogP contribution in [0.25, 0.3) is 0 Å². The average Bonchev–Trinajstić information content (AvgIpc) is 2.54.